The molecule has 0 amide bonds. The summed E-state index contributed by atoms with van der Waals surface area (Å²) in [6.45, 7) is 1.22. The van der Waals surface area contributed by atoms with E-state index in [2.05, 4.69) is 0 Å². The molecule has 0 atom stereocenters. The van der Waals surface area contributed by atoms with Gasteiger partial charge in [-0.3, -0.25) is 0 Å². The molecule has 1 aromatic carbocycles. The third-order valence-electron chi connectivity index (χ3n) is 3.13. The molecule has 6 heteroatoms. The van der Waals surface area contributed by atoms with Gasteiger partial charge in [0.25, 0.3) is 0 Å². The molecular formula is C12H18N2O3S. The third kappa shape index (κ3) is 2.87. The van der Waals surface area contributed by atoms with E-state index in [-0.39, 0.29) is 11.5 Å². The first kappa shape index (κ1) is 13.0. The zero-order valence-corrected chi connectivity index (χ0v) is 11.2. The van der Waals surface area contributed by atoms with Gasteiger partial charge in [-0.1, -0.05) is 0 Å². The molecule has 1 heterocycles. The number of benzene rings is 1. The van der Waals surface area contributed by atoms with Gasteiger partial charge >= 0.3 is 0 Å². The molecule has 2 N–H and O–H groups in total. The van der Waals surface area contributed by atoms with Crippen molar-refractivity contribution in [1.29, 1.82) is 0 Å². The smallest absolute Gasteiger partial charge is 0.152 e. The van der Waals surface area contributed by atoms with Crippen molar-refractivity contribution in [2.75, 3.05) is 42.3 Å². The number of ether oxygens (including phenoxy) is 1. The molecule has 0 unspecified atom stereocenters. The number of methoxy groups -OCH3 is 1. The number of nitrogens with zero attached hydrogens (tertiary/aromatic N) is 1. The van der Waals surface area contributed by atoms with Crippen LogP contribution in [0, 0.1) is 0 Å². The summed E-state index contributed by atoms with van der Waals surface area (Å²) in [4.78, 5) is 2.03. The molecule has 1 saturated heterocycles. The summed E-state index contributed by atoms with van der Waals surface area (Å²) < 4.78 is 28.2. The maximum Gasteiger partial charge on any atom is 0.152 e. The second-order valence-electron chi connectivity index (χ2n) is 4.42. The first-order valence-corrected chi connectivity index (χ1v) is 7.73. The zero-order valence-electron chi connectivity index (χ0n) is 10.4. The fourth-order valence-corrected chi connectivity index (χ4v) is 3.40. The molecule has 0 radical (unpaired) electrons. The number of nitrogens with two attached hydrogens (primary N) is 1. The molecule has 1 fully saturated rings. The van der Waals surface area contributed by atoms with Crippen molar-refractivity contribution in [2.24, 2.45) is 0 Å². The Morgan fingerprint density at radius 1 is 1.28 bits per heavy atom. The highest BCUT2D eigenvalue weighted by Crippen LogP contribution is 2.28. The summed E-state index contributed by atoms with van der Waals surface area (Å²) in [5.74, 6) is 1.16. The molecule has 2 rings (SSSR count). The summed E-state index contributed by atoms with van der Waals surface area (Å²) in [6, 6.07) is 5.48. The second kappa shape index (κ2) is 5.06. The van der Waals surface area contributed by atoms with Crippen LogP contribution in [0.5, 0.6) is 5.75 Å². The van der Waals surface area contributed by atoms with Crippen LogP contribution >= 0.6 is 0 Å². The SMILES string of the molecule is COc1ccc(N2CCCS(=O)(=O)CC2)c(N)c1. The summed E-state index contributed by atoms with van der Waals surface area (Å²) in [5, 5.41) is 0. The number of hydrogen-bond donors (Lipinski definition) is 1. The Morgan fingerprint density at radius 3 is 2.72 bits per heavy atom. The van der Waals surface area contributed by atoms with Crippen molar-refractivity contribution in [3.05, 3.63) is 18.2 Å². The van der Waals surface area contributed by atoms with Gasteiger partial charge < -0.3 is 15.4 Å². The Bertz CT molecular complexity index is 528. The van der Waals surface area contributed by atoms with Crippen molar-refractivity contribution in [3.8, 4) is 5.75 Å². The van der Waals surface area contributed by atoms with Gasteiger partial charge in [0.2, 0.25) is 0 Å². The van der Waals surface area contributed by atoms with Crippen LogP contribution in [0.1, 0.15) is 6.42 Å². The van der Waals surface area contributed by atoms with E-state index in [1.54, 1.807) is 13.2 Å². The highest BCUT2D eigenvalue weighted by Gasteiger charge is 2.20. The monoisotopic (exact) mass is 270 g/mol. The third-order valence-corrected chi connectivity index (χ3v) is 4.85. The minimum absolute atomic E-state index is 0.193. The lowest BCUT2D eigenvalue weighted by molar-refractivity contribution is 0.415. The topological polar surface area (TPSA) is 72.6 Å². The van der Waals surface area contributed by atoms with Crippen molar-refractivity contribution in [2.45, 2.75) is 6.42 Å². The van der Waals surface area contributed by atoms with E-state index in [1.807, 2.05) is 17.0 Å². The Kier molecular flexibility index (Phi) is 3.65. The minimum atomic E-state index is -2.89. The van der Waals surface area contributed by atoms with Gasteiger partial charge in [0, 0.05) is 19.2 Å². The highest BCUT2D eigenvalue weighted by atomic mass is 32.2. The fourth-order valence-electron chi connectivity index (χ4n) is 2.13. The maximum absolute atomic E-state index is 11.6. The molecule has 0 aliphatic carbocycles. The Hall–Kier alpha value is -1.43. The van der Waals surface area contributed by atoms with Gasteiger partial charge in [-0.05, 0) is 18.6 Å². The molecule has 1 aliphatic heterocycles. The maximum atomic E-state index is 11.6. The van der Waals surface area contributed by atoms with Gasteiger partial charge in [-0.25, -0.2) is 8.42 Å². The summed E-state index contributed by atoms with van der Waals surface area (Å²) in [6.07, 6.45) is 0.647. The first-order chi connectivity index (χ1) is 8.52. The number of hydrogen-bond acceptors (Lipinski definition) is 5. The Morgan fingerprint density at radius 2 is 2.06 bits per heavy atom. The van der Waals surface area contributed by atoms with Gasteiger partial charge in [-0.2, -0.15) is 0 Å². The zero-order chi connectivity index (χ0) is 13.2. The van der Waals surface area contributed by atoms with Crippen LogP contribution in [0.25, 0.3) is 0 Å². The predicted octanol–water partition coefficient (Wildman–Crippen LogP) is 0.902. The lowest BCUT2D eigenvalue weighted by atomic mass is 10.2. The van der Waals surface area contributed by atoms with Crippen LogP contribution < -0.4 is 15.4 Å². The van der Waals surface area contributed by atoms with Crippen LogP contribution in [-0.2, 0) is 9.84 Å². The van der Waals surface area contributed by atoms with Crippen LogP contribution in [-0.4, -0.2) is 40.1 Å². The van der Waals surface area contributed by atoms with Crippen LogP contribution in [0.3, 0.4) is 0 Å². The van der Waals surface area contributed by atoms with E-state index in [0.29, 0.717) is 24.4 Å². The number of nitrogen functional groups attached to an aromatic ring is 1. The highest BCUT2D eigenvalue weighted by molar-refractivity contribution is 7.91. The van der Waals surface area contributed by atoms with Gasteiger partial charge in [-0.15, -0.1) is 0 Å². The molecular weight excluding hydrogens is 252 g/mol. The molecule has 1 aromatic rings. The predicted molar refractivity (Wildman–Crippen MR) is 72.9 cm³/mol. The van der Waals surface area contributed by atoms with Gasteiger partial charge in [0.15, 0.2) is 9.84 Å². The Labute approximate surface area is 107 Å². The van der Waals surface area contributed by atoms with Crippen LogP contribution in [0.4, 0.5) is 11.4 Å². The lowest BCUT2D eigenvalue weighted by Crippen LogP contribution is -2.27. The number of anilines is 2. The van der Waals surface area contributed by atoms with Crippen molar-refractivity contribution in [1.82, 2.24) is 0 Å². The van der Waals surface area contributed by atoms with E-state index in [1.165, 1.54) is 0 Å². The average molecular weight is 270 g/mol. The van der Waals surface area contributed by atoms with E-state index >= 15 is 0 Å². The molecule has 100 valence electrons. The van der Waals surface area contributed by atoms with Crippen molar-refractivity contribution >= 4 is 21.2 Å². The van der Waals surface area contributed by atoms with E-state index in [4.69, 9.17) is 10.5 Å². The van der Waals surface area contributed by atoms with Crippen molar-refractivity contribution < 1.29 is 13.2 Å². The van der Waals surface area contributed by atoms with Crippen LogP contribution in [0.2, 0.25) is 0 Å². The molecule has 0 aromatic heterocycles. The summed E-state index contributed by atoms with van der Waals surface area (Å²) in [5.41, 5.74) is 7.48. The first-order valence-electron chi connectivity index (χ1n) is 5.91. The summed E-state index contributed by atoms with van der Waals surface area (Å²) >= 11 is 0. The van der Waals surface area contributed by atoms with Gasteiger partial charge in [0.05, 0.1) is 30.0 Å². The quantitative estimate of drug-likeness (QED) is 0.808. The average Bonchev–Trinajstić information content (AvgIpc) is 2.50. The molecule has 0 spiro atoms. The fraction of sp³-hybridized carbons (Fsp3) is 0.500. The molecule has 5 nitrogen and oxygen atoms in total. The lowest BCUT2D eigenvalue weighted by Gasteiger charge is -2.23. The second-order valence-corrected chi connectivity index (χ2v) is 6.72. The largest absolute Gasteiger partial charge is 0.497 e. The van der Waals surface area contributed by atoms with E-state index in [0.717, 1.165) is 12.2 Å². The molecule has 0 bridgehead atoms. The standard InChI is InChI=1S/C12H18N2O3S/c1-17-10-3-4-12(11(13)9-10)14-5-2-7-18(15,16)8-6-14/h3-4,9H,2,5-8,13H2,1H3. The number of sulfone groups is 1. The normalized spacial score (nSPS) is 19.3. The minimum Gasteiger partial charge on any atom is -0.497 e. The molecule has 18 heavy (non-hydrogen) atoms. The molecule has 0 saturated carbocycles. The van der Waals surface area contributed by atoms with Gasteiger partial charge in [0.1, 0.15) is 5.75 Å². The van der Waals surface area contributed by atoms with Crippen LogP contribution in [0.15, 0.2) is 18.2 Å². The van der Waals surface area contributed by atoms with E-state index in [9.17, 15) is 8.42 Å². The van der Waals surface area contributed by atoms with Crippen molar-refractivity contribution in [3.63, 3.8) is 0 Å². The summed E-state index contributed by atoms with van der Waals surface area (Å²) in [7, 11) is -1.30. The Balaban J connectivity index is 2.21. The molecule has 1 aliphatic rings. The van der Waals surface area contributed by atoms with E-state index < -0.39 is 9.84 Å². The number of rotatable bonds is 2.